The Morgan fingerprint density at radius 2 is 2.12 bits per heavy atom. The molecule has 3 heteroatoms. The van der Waals surface area contributed by atoms with E-state index in [1.54, 1.807) is 6.92 Å². The summed E-state index contributed by atoms with van der Waals surface area (Å²) >= 11 is 3.09. The van der Waals surface area contributed by atoms with E-state index in [1.165, 1.54) is 5.40 Å². The highest BCUT2D eigenvalue weighted by molar-refractivity contribution is 7.85. The summed E-state index contributed by atoms with van der Waals surface area (Å²) in [6, 6.07) is 0. The van der Waals surface area contributed by atoms with Crippen molar-refractivity contribution in [3.05, 3.63) is 12.2 Å². The van der Waals surface area contributed by atoms with Crippen molar-refractivity contribution < 1.29 is 4.79 Å². The molecule has 0 atom stereocenters. The zero-order valence-corrected chi connectivity index (χ0v) is 5.48. The standard InChI is InChI=1S/C4H6O.CHNS/c1-4(2)3-5;2-1-3/h3H,1H2,2H3;3H. The zero-order chi connectivity index (χ0) is 6.99. The maximum Gasteiger partial charge on any atom is 0.145 e. The molecule has 0 saturated heterocycles. The average molecular weight is 129 g/mol. The first-order valence-corrected chi connectivity index (χ1v) is 2.27. The lowest BCUT2D eigenvalue weighted by molar-refractivity contribution is -0.104. The summed E-state index contributed by atoms with van der Waals surface area (Å²) in [6.07, 6.45) is 0.722. The smallest absolute Gasteiger partial charge is 0.145 e. The molecule has 0 heterocycles. The van der Waals surface area contributed by atoms with Crippen molar-refractivity contribution in [1.29, 1.82) is 5.26 Å². The highest BCUT2D eigenvalue weighted by Gasteiger charge is 1.66. The Bertz CT molecular complexity index is 114. The van der Waals surface area contributed by atoms with Crippen LogP contribution in [0.3, 0.4) is 0 Å². The molecule has 0 fully saturated rings. The number of aldehydes is 1. The fraction of sp³-hybridized carbons (Fsp3) is 0.200. The normalized spacial score (nSPS) is 5.12. The average Bonchev–Trinajstić information content (AvgIpc) is 1.69. The van der Waals surface area contributed by atoms with Crippen LogP contribution in [0.2, 0.25) is 0 Å². The summed E-state index contributed by atoms with van der Waals surface area (Å²) in [4.78, 5) is 9.41. The van der Waals surface area contributed by atoms with Gasteiger partial charge in [-0.05, 0) is 12.5 Å². The van der Waals surface area contributed by atoms with Crippen LogP contribution in [-0.2, 0) is 4.79 Å². The zero-order valence-electron chi connectivity index (χ0n) is 4.59. The Labute approximate surface area is 54.2 Å². The molecule has 44 valence electrons. The summed E-state index contributed by atoms with van der Waals surface area (Å²) in [6.45, 7) is 4.97. The van der Waals surface area contributed by atoms with Gasteiger partial charge in [-0.3, -0.25) is 4.79 Å². The van der Waals surface area contributed by atoms with E-state index in [0.29, 0.717) is 5.57 Å². The van der Waals surface area contributed by atoms with Gasteiger partial charge in [0, 0.05) is 0 Å². The van der Waals surface area contributed by atoms with E-state index < -0.39 is 0 Å². The van der Waals surface area contributed by atoms with Gasteiger partial charge in [-0.25, -0.2) is 0 Å². The van der Waals surface area contributed by atoms with Crippen LogP contribution < -0.4 is 0 Å². The Kier molecular flexibility index (Phi) is 12.2. The third kappa shape index (κ3) is 60.7. The van der Waals surface area contributed by atoms with Gasteiger partial charge >= 0.3 is 0 Å². The molecule has 0 rings (SSSR count). The molecule has 0 aromatic heterocycles. The predicted octanol–water partition coefficient (Wildman–Crippen LogP) is 1.16. The first-order chi connectivity index (χ1) is 3.68. The summed E-state index contributed by atoms with van der Waals surface area (Å²) in [5.74, 6) is 0. The van der Waals surface area contributed by atoms with Gasteiger partial charge in [0.15, 0.2) is 0 Å². The molecule has 0 aromatic rings. The number of allylic oxidation sites excluding steroid dienone is 1. The number of thiol groups is 1. The molecule has 2 nitrogen and oxygen atoms in total. The van der Waals surface area contributed by atoms with Crippen molar-refractivity contribution in [1.82, 2.24) is 0 Å². The molecule has 0 bridgehead atoms. The first kappa shape index (κ1) is 10.3. The van der Waals surface area contributed by atoms with Gasteiger partial charge in [0.05, 0.1) is 0 Å². The predicted molar refractivity (Wildman–Crippen MR) is 35.5 cm³/mol. The Balaban J connectivity index is 0. The van der Waals surface area contributed by atoms with Gasteiger partial charge < -0.3 is 0 Å². The van der Waals surface area contributed by atoms with E-state index >= 15 is 0 Å². The molecule has 0 N–H and O–H groups in total. The van der Waals surface area contributed by atoms with Crippen LogP contribution in [0.25, 0.3) is 0 Å². The number of thiocyanates is 1. The molecule has 0 aliphatic heterocycles. The molecular weight excluding hydrogens is 122 g/mol. The third-order valence-corrected chi connectivity index (χ3v) is 0.201. The number of carbonyl (C=O) groups excluding carboxylic acids is 1. The number of carbonyl (C=O) groups is 1. The highest BCUT2D eigenvalue weighted by Crippen LogP contribution is 1.70. The van der Waals surface area contributed by atoms with Crippen LogP contribution in [0, 0.1) is 10.7 Å². The molecule has 0 aromatic carbocycles. The van der Waals surface area contributed by atoms with Gasteiger partial charge in [-0.2, -0.15) is 5.26 Å². The second-order valence-electron chi connectivity index (χ2n) is 1.06. The minimum atomic E-state index is 0.574. The number of hydrogen-bond donors (Lipinski definition) is 1. The molecular formula is C5H7NOS. The number of rotatable bonds is 1. The molecule has 0 unspecified atom stereocenters. The Morgan fingerprint density at radius 1 is 2.00 bits per heavy atom. The summed E-state index contributed by atoms with van der Waals surface area (Å²) in [5.41, 5.74) is 0.574. The molecule has 0 amide bonds. The molecule has 0 spiro atoms. The molecule has 0 radical (unpaired) electrons. The lowest BCUT2D eigenvalue weighted by Crippen LogP contribution is -1.65. The van der Waals surface area contributed by atoms with Crippen molar-refractivity contribution in [2.24, 2.45) is 0 Å². The second kappa shape index (κ2) is 9.54. The van der Waals surface area contributed by atoms with Crippen LogP contribution in [0.5, 0.6) is 0 Å². The quantitative estimate of drug-likeness (QED) is 0.250. The summed E-state index contributed by atoms with van der Waals surface area (Å²) in [5, 5.41) is 8.63. The largest absolute Gasteiger partial charge is 0.298 e. The topological polar surface area (TPSA) is 40.9 Å². The van der Waals surface area contributed by atoms with Crippen LogP contribution in [-0.4, -0.2) is 6.29 Å². The van der Waals surface area contributed by atoms with Gasteiger partial charge in [0.2, 0.25) is 0 Å². The van der Waals surface area contributed by atoms with Gasteiger partial charge in [-0.1, -0.05) is 19.2 Å². The lowest BCUT2D eigenvalue weighted by Gasteiger charge is -1.65. The molecule has 0 saturated carbocycles. The molecule has 0 aliphatic carbocycles. The maximum absolute atomic E-state index is 9.41. The van der Waals surface area contributed by atoms with Crippen LogP contribution in [0.4, 0.5) is 0 Å². The summed E-state index contributed by atoms with van der Waals surface area (Å²) in [7, 11) is 0. The number of hydrogen-bond acceptors (Lipinski definition) is 3. The number of nitriles is 1. The second-order valence-corrected chi connectivity index (χ2v) is 1.26. The van der Waals surface area contributed by atoms with E-state index in [-0.39, 0.29) is 0 Å². The minimum absolute atomic E-state index is 0.574. The van der Waals surface area contributed by atoms with Crippen LogP contribution >= 0.6 is 12.6 Å². The van der Waals surface area contributed by atoms with E-state index in [4.69, 9.17) is 5.26 Å². The fourth-order valence-corrected chi connectivity index (χ4v) is 0. The highest BCUT2D eigenvalue weighted by atomic mass is 32.1. The summed E-state index contributed by atoms with van der Waals surface area (Å²) < 4.78 is 0. The monoisotopic (exact) mass is 129 g/mol. The fourth-order valence-electron chi connectivity index (χ4n) is 0. The van der Waals surface area contributed by atoms with Crippen molar-refractivity contribution in [2.45, 2.75) is 6.92 Å². The van der Waals surface area contributed by atoms with Gasteiger partial charge in [0.25, 0.3) is 0 Å². The van der Waals surface area contributed by atoms with Crippen LogP contribution in [0.1, 0.15) is 6.92 Å². The SMILES string of the molecule is C=C(C)C=O.N#CS. The van der Waals surface area contributed by atoms with E-state index in [1.807, 2.05) is 0 Å². The van der Waals surface area contributed by atoms with Crippen molar-refractivity contribution >= 4 is 18.9 Å². The third-order valence-electron chi connectivity index (χ3n) is 0.201. The molecule has 8 heavy (non-hydrogen) atoms. The van der Waals surface area contributed by atoms with Crippen molar-refractivity contribution in [3.63, 3.8) is 0 Å². The first-order valence-electron chi connectivity index (χ1n) is 1.83. The van der Waals surface area contributed by atoms with Crippen molar-refractivity contribution in [2.75, 3.05) is 0 Å². The van der Waals surface area contributed by atoms with Crippen molar-refractivity contribution in [3.8, 4) is 5.40 Å². The van der Waals surface area contributed by atoms with E-state index in [0.717, 1.165) is 6.29 Å². The lowest BCUT2D eigenvalue weighted by atomic mass is 10.4. The van der Waals surface area contributed by atoms with Gasteiger partial charge in [0.1, 0.15) is 11.7 Å². The number of nitrogens with zero attached hydrogens (tertiary/aromatic N) is 1. The van der Waals surface area contributed by atoms with E-state index in [2.05, 4.69) is 19.2 Å². The Morgan fingerprint density at radius 3 is 2.12 bits per heavy atom. The van der Waals surface area contributed by atoms with Gasteiger partial charge in [-0.15, -0.1) is 0 Å². The molecule has 0 aliphatic rings. The van der Waals surface area contributed by atoms with Crippen LogP contribution in [0.15, 0.2) is 12.2 Å². The van der Waals surface area contributed by atoms with E-state index in [9.17, 15) is 4.79 Å². The minimum Gasteiger partial charge on any atom is -0.298 e. The Hall–Kier alpha value is -0.750. The maximum atomic E-state index is 9.41.